The molecule has 0 saturated heterocycles. The normalized spacial score (nSPS) is 12.8. The van der Waals surface area contributed by atoms with Gasteiger partial charge < -0.3 is 5.11 Å². The van der Waals surface area contributed by atoms with E-state index in [1.165, 1.54) is 12.1 Å². The number of carboxylic acids is 1. The number of rotatable bonds is 10. The summed E-state index contributed by atoms with van der Waals surface area (Å²) in [5.74, 6) is -0.385. The van der Waals surface area contributed by atoms with Gasteiger partial charge in [-0.3, -0.25) is 9.69 Å². The smallest absolute Gasteiger partial charge is 0.303 e. The molecule has 0 heterocycles. The van der Waals surface area contributed by atoms with E-state index in [0.29, 0.717) is 12.0 Å². The number of nitrogens with zero attached hydrogens (tertiary/aromatic N) is 1. The van der Waals surface area contributed by atoms with Crippen LogP contribution in [0.3, 0.4) is 0 Å². The number of carboxylic acid groups (broad SMARTS) is 1. The zero-order valence-electron chi connectivity index (χ0n) is 13.9. The minimum atomic E-state index is -0.714. The first-order valence-corrected chi connectivity index (χ1v) is 8.06. The van der Waals surface area contributed by atoms with Crippen molar-refractivity contribution in [3.8, 4) is 0 Å². The molecule has 0 amide bonds. The summed E-state index contributed by atoms with van der Waals surface area (Å²) >= 11 is 0. The minimum absolute atomic E-state index is 0.203. The number of halogens is 1. The molecular formula is C18H28FNO2. The third-order valence-corrected chi connectivity index (χ3v) is 4.07. The van der Waals surface area contributed by atoms with Crippen molar-refractivity contribution in [2.75, 3.05) is 7.05 Å². The molecule has 1 N–H and O–H groups in total. The fourth-order valence-electron chi connectivity index (χ4n) is 2.86. The maximum Gasteiger partial charge on any atom is 0.303 e. The molecule has 22 heavy (non-hydrogen) atoms. The molecule has 1 atom stereocenters. The Hall–Kier alpha value is -1.42. The fourth-order valence-corrected chi connectivity index (χ4v) is 2.86. The van der Waals surface area contributed by atoms with E-state index in [1.54, 1.807) is 0 Å². The lowest BCUT2D eigenvalue weighted by atomic mass is 9.95. The van der Waals surface area contributed by atoms with Crippen LogP contribution >= 0.6 is 0 Å². The van der Waals surface area contributed by atoms with Crippen LogP contribution in [-0.4, -0.2) is 29.1 Å². The monoisotopic (exact) mass is 309 g/mol. The largest absolute Gasteiger partial charge is 0.481 e. The summed E-state index contributed by atoms with van der Waals surface area (Å²) in [4.78, 5) is 12.8. The number of hydrogen-bond acceptors (Lipinski definition) is 2. The van der Waals surface area contributed by atoms with Crippen LogP contribution in [0.4, 0.5) is 4.39 Å². The molecule has 3 nitrogen and oxygen atoms in total. The SMILES string of the molecule is CC(C)C(CCCCCC(=O)O)N(C)Cc1ccc(F)cc1. The van der Waals surface area contributed by atoms with Crippen LogP contribution in [0.1, 0.15) is 51.5 Å². The highest BCUT2D eigenvalue weighted by Crippen LogP contribution is 2.19. The molecule has 1 rings (SSSR count). The first-order valence-electron chi connectivity index (χ1n) is 8.06. The Kier molecular flexibility index (Phi) is 8.10. The molecule has 1 aromatic carbocycles. The Morgan fingerprint density at radius 1 is 1.18 bits per heavy atom. The first kappa shape index (κ1) is 18.6. The van der Waals surface area contributed by atoms with Gasteiger partial charge in [0.1, 0.15) is 5.82 Å². The highest BCUT2D eigenvalue weighted by molar-refractivity contribution is 5.66. The summed E-state index contributed by atoms with van der Waals surface area (Å²) in [6, 6.07) is 7.11. The van der Waals surface area contributed by atoms with Gasteiger partial charge in [-0.15, -0.1) is 0 Å². The summed E-state index contributed by atoms with van der Waals surface area (Å²) in [5.41, 5.74) is 1.11. The van der Waals surface area contributed by atoms with Gasteiger partial charge in [-0.25, -0.2) is 4.39 Å². The summed E-state index contributed by atoms with van der Waals surface area (Å²) in [6.45, 7) is 5.23. The quantitative estimate of drug-likeness (QED) is 0.654. The lowest BCUT2D eigenvalue weighted by Crippen LogP contribution is -2.35. The van der Waals surface area contributed by atoms with Crippen molar-refractivity contribution in [3.63, 3.8) is 0 Å². The van der Waals surface area contributed by atoms with Crippen LogP contribution in [0.2, 0.25) is 0 Å². The van der Waals surface area contributed by atoms with E-state index in [1.807, 2.05) is 12.1 Å². The van der Waals surface area contributed by atoms with Crippen molar-refractivity contribution in [2.24, 2.45) is 5.92 Å². The molecule has 1 aromatic rings. The molecule has 124 valence electrons. The second-order valence-corrected chi connectivity index (χ2v) is 6.35. The molecule has 0 fully saturated rings. The molecule has 1 unspecified atom stereocenters. The average Bonchev–Trinajstić information content (AvgIpc) is 2.44. The number of benzene rings is 1. The first-order chi connectivity index (χ1) is 10.4. The van der Waals surface area contributed by atoms with Crippen LogP contribution in [0.5, 0.6) is 0 Å². The van der Waals surface area contributed by atoms with Gasteiger partial charge >= 0.3 is 5.97 Å². The highest BCUT2D eigenvalue weighted by atomic mass is 19.1. The lowest BCUT2D eigenvalue weighted by Gasteiger charge is -2.31. The van der Waals surface area contributed by atoms with E-state index in [2.05, 4.69) is 25.8 Å². The van der Waals surface area contributed by atoms with Crippen molar-refractivity contribution in [2.45, 2.75) is 58.5 Å². The van der Waals surface area contributed by atoms with E-state index < -0.39 is 5.97 Å². The van der Waals surface area contributed by atoms with E-state index in [4.69, 9.17) is 5.11 Å². The highest BCUT2D eigenvalue weighted by Gasteiger charge is 2.18. The molecule has 0 spiro atoms. The van der Waals surface area contributed by atoms with Crippen LogP contribution in [0, 0.1) is 11.7 Å². The van der Waals surface area contributed by atoms with Crippen LogP contribution in [0.25, 0.3) is 0 Å². The minimum Gasteiger partial charge on any atom is -0.481 e. The van der Waals surface area contributed by atoms with Gasteiger partial charge in [0.2, 0.25) is 0 Å². The van der Waals surface area contributed by atoms with Gasteiger partial charge in [0, 0.05) is 19.0 Å². The summed E-state index contributed by atoms with van der Waals surface area (Å²) in [7, 11) is 2.10. The average molecular weight is 309 g/mol. The Labute approximate surface area is 133 Å². The van der Waals surface area contributed by atoms with Gasteiger partial charge in [0.05, 0.1) is 0 Å². The molecular weight excluding hydrogens is 281 g/mol. The zero-order chi connectivity index (χ0) is 16.5. The van der Waals surface area contributed by atoms with Crippen molar-refractivity contribution in [3.05, 3.63) is 35.6 Å². The predicted octanol–water partition coefficient (Wildman–Crippen LogP) is 4.32. The Bertz CT molecular complexity index is 445. The number of unbranched alkanes of at least 4 members (excludes halogenated alkanes) is 2. The molecule has 0 aliphatic carbocycles. The zero-order valence-corrected chi connectivity index (χ0v) is 13.9. The third-order valence-electron chi connectivity index (χ3n) is 4.07. The van der Waals surface area contributed by atoms with E-state index >= 15 is 0 Å². The molecule has 4 heteroatoms. The maximum atomic E-state index is 13.0. The molecule has 0 aliphatic heterocycles. The molecule has 0 saturated carbocycles. The fraction of sp³-hybridized carbons (Fsp3) is 0.611. The molecule has 0 radical (unpaired) electrons. The standard InChI is InChI=1S/C18H28FNO2/c1-14(2)17(7-5-4-6-8-18(21)22)20(3)13-15-9-11-16(19)12-10-15/h9-12,14,17H,4-8,13H2,1-3H3,(H,21,22). The molecule has 0 aliphatic rings. The Morgan fingerprint density at radius 3 is 2.36 bits per heavy atom. The van der Waals surface area contributed by atoms with Crippen LogP contribution in [-0.2, 0) is 11.3 Å². The second kappa shape index (κ2) is 9.57. The molecule has 0 bridgehead atoms. The summed E-state index contributed by atoms with van der Waals surface area (Å²) in [5, 5.41) is 8.65. The summed E-state index contributed by atoms with van der Waals surface area (Å²) in [6.07, 6.45) is 4.08. The number of aliphatic carboxylic acids is 1. The maximum absolute atomic E-state index is 13.0. The van der Waals surface area contributed by atoms with E-state index in [9.17, 15) is 9.18 Å². The van der Waals surface area contributed by atoms with E-state index in [-0.39, 0.29) is 12.2 Å². The van der Waals surface area contributed by atoms with Gasteiger partial charge in [0.25, 0.3) is 0 Å². The van der Waals surface area contributed by atoms with Crippen molar-refractivity contribution in [1.82, 2.24) is 4.90 Å². The van der Waals surface area contributed by atoms with Crippen LogP contribution < -0.4 is 0 Å². The Morgan fingerprint density at radius 2 is 1.82 bits per heavy atom. The lowest BCUT2D eigenvalue weighted by molar-refractivity contribution is -0.137. The van der Waals surface area contributed by atoms with E-state index in [0.717, 1.165) is 37.8 Å². The van der Waals surface area contributed by atoms with Crippen molar-refractivity contribution in [1.29, 1.82) is 0 Å². The van der Waals surface area contributed by atoms with Crippen LogP contribution in [0.15, 0.2) is 24.3 Å². The Balaban J connectivity index is 2.44. The van der Waals surface area contributed by atoms with Gasteiger partial charge in [0.15, 0.2) is 0 Å². The third kappa shape index (κ3) is 7.03. The van der Waals surface area contributed by atoms with Crippen molar-refractivity contribution >= 4 is 5.97 Å². The molecule has 0 aromatic heterocycles. The van der Waals surface area contributed by atoms with Gasteiger partial charge in [-0.2, -0.15) is 0 Å². The second-order valence-electron chi connectivity index (χ2n) is 6.35. The predicted molar refractivity (Wildman–Crippen MR) is 87.2 cm³/mol. The topological polar surface area (TPSA) is 40.5 Å². The van der Waals surface area contributed by atoms with Crippen molar-refractivity contribution < 1.29 is 14.3 Å². The summed E-state index contributed by atoms with van der Waals surface area (Å²) < 4.78 is 13.0. The van der Waals surface area contributed by atoms with Gasteiger partial charge in [-0.1, -0.05) is 38.8 Å². The number of hydrogen-bond donors (Lipinski definition) is 1. The number of carbonyl (C=O) groups is 1. The van der Waals surface area contributed by atoms with Gasteiger partial charge in [-0.05, 0) is 43.5 Å².